The number of rotatable bonds is 8. The third-order valence-electron chi connectivity index (χ3n) is 4.68. The maximum Gasteiger partial charge on any atom is 0.253 e. The summed E-state index contributed by atoms with van der Waals surface area (Å²) < 4.78 is 35.1. The molecular formula is C20H31NO5S. The van der Waals surface area contributed by atoms with Gasteiger partial charge in [-0.1, -0.05) is 13.8 Å². The quantitative estimate of drug-likeness (QED) is 0.673. The molecule has 0 aliphatic carbocycles. The molecule has 1 unspecified atom stereocenters. The molecule has 1 saturated heterocycles. The Bertz CT molecular complexity index is 732. The van der Waals surface area contributed by atoms with Crippen molar-refractivity contribution in [2.75, 3.05) is 32.6 Å². The van der Waals surface area contributed by atoms with Gasteiger partial charge in [0, 0.05) is 24.9 Å². The summed E-state index contributed by atoms with van der Waals surface area (Å²) in [6.45, 7) is 6.24. The van der Waals surface area contributed by atoms with Crippen molar-refractivity contribution in [3.8, 4) is 11.5 Å². The molecule has 6 nitrogen and oxygen atoms in total. The van der Waals surface area contributed by atoms with Crippen molar-refractivity contribution in [3.05, 3.63) is 23.8 Å². The van der Waals surface area contributed by atoms with E-state index in [-0.39, 0.29) is 11.2 Å². The first-order valence-corrected chi connectivity index (χ1v) is 11.7. The number of carbonyl (C=O) groups excluding carboxylic acids is 1. The number of carbonyl (C=O) groups is 1. The Morgan fingerprint density at radius 3 is 2.37 bits per heavy atom. The molecule has 1 aromatic rings. The summed E-state index contributed by atoms with van der Waals surface area (Å²) >= 11 is 0. The highest BCUT2D eigenvalue weighted by Gasteiger charge is 2.27. The Hall–Kier alpha value is -1.76. The molecule has 27 heavy (non-hydrogen) atoms. The highest BCUT2D eigenvalue weighted by atomic mass is 32.2. The summed E-state index contributed by atoms with van der Waals surface area (Å²) in [5.74, 6) is 1.14. The van der Waals surface area contributed by atoms with Crippen LogP contribution in [0.3, 0.4) is 0 Å². The van der Waals surface area contributed by atoms with E-state index in [0.717, 1.165) is 12.8 Å². The minimum Gasteiger partial charge on any atom is -0.490 e. The van der Waals surface area contributed by atoms with Crippen LogP contribution in [0.15, 0.2) is 18.2 Å². The van der Waals surface area contributed by atoms with Crippen molar-refractivity contribution in [1.82, 2.24) is 4.90 Å². The lowest BCUT2D eigenvalue weighted by molar-refractivity contribution is 0.0761. The van der Waals surface area contributed by atoms with E-state index in [0.29, 0.717) is 62.6 Å². The smallest absolute Gasteiger partial charge is 0.253 e. The van der Waals surface area contributed by atoms with Crippen LogP contribution in [0.2, 0.25) is 0 Å². The molecule has 1 atom stereocenters. The van der Waals surface area contributed by atoms with Gasteiger partial charge in [-0.25, -0.2) is 8.42 Å². The average molecular weight is 398 g/mol. The predicted octanol–water partition coefficient (Wildman–Crippen LogP) is 3.30. The van der Waals surface area contributed by atoms with Crippen LogP contribution in [-0.4, -0.2) is 57.0 Å². The van der Waals surface area contributed by atoms with E-state index < -0.39 is 9.84 Å². The number of benzene rings is 1. The molecule has 7 heteroatoms. The molecule has 0 spiro atoms. The van der Waals surface area contributed by atoms with E-state index >= 15 is 0 Å². The molecule has 1 heterocycles. The van der Waals surface area contributed by atoms with E-state index in [2.05, 4.69) is 0 Å². The lowest BCUT2D eigenvalue weighted by atomic mass is 10.1. The van der Waals surface area contributed by atoms with Gasteiger partial charge in [0.2, 0.25) is 0 Å². The van der Waals surface area contributed by atoms with Gasteiger partial charge in [0.1, 0.15) is 9.84 Å². The van der Waals surface area contributed by atoms with Gasteiger partial charge in [-0.2, -0.15) is 0 Å². The molecule has 1 fully saturated rings. The lowest BCUT2D eigenvalue weighted by Crippen LogP contribution is -2.32. The third kappa shape index (κ3) is 6.13. The maximum atomic E-state index is 12.9. The number of nitrogens with zero attached hydrogens (tertiary/aromatic N) is 1. The summed E-state index contributed by atoms with van der Waals surface area (Å²) in [6.07, 6.45) is 4.83. The number of hydrogen-bond donors (Lipinski definition) is 0. The fraction of sp³-hybridized carbons (Fsp3) is 0.650. The van der Waals surface area contributed by atoms with Crippen LogP contribution >= 0.6 is 0 Å². The molecule has 1 aliphatic rings. The van der Waals surface area contributed by atoms with Crippen molar-refractivity contribution in [2.24, 2.45) is 0 Å². The van der Waals surface area contributed by atoms with Crippen molar-refractivity contribution in [1.29, 1.82) is 0 Å². The predicted molar refractivity (Wildman–Crippen MR) is 106 cm³/mol. The number of sulfone groups is 1. The highest BCUT2D eigenvalue weighted by Crippen LogP contribution is 2.30. The summed E-state index contributed by atoms with van der Waals surface area (Å²) in [5.41, 5.74) is 0.544. The molecule has 2 rings (SSSR count). The van der Waals surface area contributed by atoms with Gasteiger partial charge in [0.25, 0.3) is 5.91 Å². The molecule has 0 aromatic heterocycles. The average Bonchev–Trinajstić information content (AvgIpc) is 2.90. The first kappa shape index (κ1) is 21.5. The van der Waals surface area contributed by atoms with E-state index in [9.17, 15) is 13.2 Å². The zero-order valence-electron chi connectivity index (χ0n) is 16.6. The summed E-state index contributed by atoms with van der Waals surface area (Å²) in [6, 6.07) is 5.28. The van der Waals surface area contributed by atoms with Crippen molar-refractivity contribution in [3.63, 3.8) is 0 Å². The minimum absolute atomic E-state index is 0.0902. The Morgan fingerprint density at radius 1 is 1.07 bits per heavy atom. The molecule has 152 valence electrons. The van der Waals surface area contributed by atoms with E-state index in [1.807, 2.05) is 13.8 Å². The third-order valence-corrected chi connectivity index (χ3v) is 6.36. The van der Waals surface area contributed by atoms with Gasteiger partial charge in [-0.3, -0.25) is 4.79 Å². The van der Waals surface area contributed by atoms with Gasteiger partial charge in [-0.05, 0) is 50.3 Å². The highest BCUT2D eigenvalue weighted by molar-refractivity contribution is 7.91. The van der Waals surface area contributed by atoms with Gasteiger partial charge in [0.05, 0.1) is 18.5 Å². The van der Waals surface area contributed by atoms with Crippen molar-refractivity contribution >= 4 is 15.7 Å². The molecule has 0 radical (unpaired) electrons. The topological polar surface area (TPSA) is 72.9 Å². The Morgan fingerprint density at radius 2 is 1.74 bits per heavy atom. The lowest BCUT2D eigenvalue weighted by Gasteiger charge is -2.21. The number of hydrogen-bond acceptors (Lipinski definition) is 5. The van der Waals surface area contributed by atoms with Crippen LogP contribution in [0.4, 0.5) is 0 Å². The van der Waals surface area contributed by atoms with E-state index in [1.165, 1.54) is 6.26 Å². The van der Waals surface area contributed by atoms with Crippen molar-refractivity contribution < 1.29 is 22.7 Å². The fourth-order valence-electron chi connectivity index (χ4n) is 3.18. The largest absolute Gasteiger partial charge is 0.490 e. The molecular weight excluding hydrogens is 366 g/mol. The van der Waals surface area contributed by atoms with Crippen LogP contribution in [0.1, 0.15) is 56.3 Å². The van der Waals surface area contributed by atoms with Gasteiger partial charge in [-0.15, -0.1) is 0 Å². The Labute approximate surface area is 162 Å². The second-order valence-electron chi connectivity index (χ2n) is 7.03. The standard InChI is InChI=1S/C20H31NO5S/c1-4-13-25-18-9-8-16(15-19(18)26-14-5-2)20(22)21-11-6-7-17(10-12-21)27(3,23)24/h8-9,15,17H,4-7,10-14H2,1-3H3. The zero-order valence-corrected chi connectivity index (χ0v) is 17.4. The maximum absolute atomic E-state index is 12.9. The SMILES string of the molecule is CCCOc1ccc(C(=O)N2CCCC(S(C)(=O)=O)CC2)cc1OCCC. The second-order valence-corrected chi connectivity index (χ2v) is 9.36. The zero-order chi connectivity index (χ0) is 19.9. The van der Waals surface area contributed by atoms with Gasteiger partial charge < -0.3 is 14.4 Å². The van der Waals surface area contributed by atoms with Gasteiger partial charge in [0.15, 0.2) is 11.5 Å². The monoisotopic (exact) mass is 397 g/mol. The Balaban J connectivity index is 2.14. The van der Waals surface area contributed by atoms with Crippen LogP contribution in [0.5, 0.6) is 11.5 Å². The van der Waals surface area contributed by atoms with E-state index in [1.54, 1.807) is 23.1 Å². The van der Waals surface area contributed by atoms with Gasteiger partial charge >= 0.3 is 0 Å². The van der Waals surface area contributed by atoms with Crippen LogP contribution < -0.4 is 9.47 Å². The molecule has 1 aliphatic heterocycles. The van der Waals surface area contributed by atoms with E-state index in [4.69, 9.17) is 9.47 Å². The summed E-state index contributed by atoms with van der Waals surface area (Å²) in [4.78, 5) is 14.7. The first-order valence-electron chi connectivity index (χ1n) is 9.74. The van der Waals surface area contributed by atoms with Crippen LogP contribution in [0.25, 0.3) is 0 Å². The number of ether oxygens (including phenoxy) is 2. The number of amides is 1. The van der Waals surface area contributed by atoms with Crippen molar-refractivity contribution in [2.45, 2.75) is 51.2 Å². The summed E-state index contributed by atoms with van der Waals surface area (Å²) in [7, 11) is -3.07. The molecule has 1 aromatic carbocycles. The summed E-state index contributed by atoms with van der Waals surface area (Å²) in [5, 5.41) is -0.358. The normalized spacial score (nSPS) is 18.0. The molecule has 1 amide bonds. The molecule has 0 bridgehead atoms. The minimum atomic E-state index is -3.07. The molecule has 0 saturated carbocycles. The van der Waals surface area contributed by atoms with Crippen LogP contribution in [-0.2, 0) is 9.84 Å². The first-order chi connectivity index (χ1) is 12.9. The fourth-order valence-corrected chi connectivity index (χ4v) is 4.31. The van der Waals surface area contributed by atoms with Crippen LogP contribution in [0, 0.1) is 0 Å². The number of likely N-dealkylation sites (tertiary alicyclic amines) is 1. The molecule has 0 N–H and O–H groups in total. The Kier molecular flexibility index (Phi) is 7.95. The second kappa shape index (κ2) is 9.97.